The summed E-state index contributed by atoms with van der Waals surface area (Å²) in [6.07, 6.45) is 3.91. The number of hydrogen-bond acceptors (Lipinski definition) is 5. The van der Waals surface area contributed by atoms with Crippen LogP contribution in [0, 0.1) is 19.3 Å². The minimum absolute atomic E-state index is 0.106. The largest absolute Gasteiger partial charge is 0.398 e. The van der Waals surface area contributed by atoms with Crippen LogP contribution in [0.1, 0.15) is 47.3 Å². The first-order chi connectivity index (χ1) is 14.4. The fourth-order valence-corrected chi connectivity index (χ4v) is 3.14. The Morgan fingerprint density at radius 1 is 1.13 bits per heavy atom. The minimum atomic E-state index is -0.359. The summed E-state index contributed by atoms with van der Waals surface area (Å²) in [6.45, 7) is 5.91. The van der Waals surface area contributed by atoms with E-state index < -0.39 is 0 Å². The third-order valence-corrected chi connectivity index (χ3v) is 4.83. The molecule has 3 aromatic rings. The van der Waals surface area contributed by atoms with E-state index in [1.165, 1.54) is 11.8 Å². The van der Waals surface area contributed by atoms with Crippen LogP contribution in [0.2, 0.25) is 0 Å². The zero-order valence-corrected chi connectivity index (χ0v) is 17.4. The predicted octanol–water partition coefficient (Wildman–Crippen LogP) is 4.36. The molecule has 30 heavy (non-hydrogen) atoms. The second-order valence-corrected chi connectivity index (χ2v) is 7.19. The van der Waals surface area contributed by atoms with Crippen LogP contribution < -0.4 is 16.4 Å². The number of nitrogens with two attached hydrogens (primary N) is 1. The quantitative estimate of drug-likeness (QED) is 0.458. The zero-order valence-electron chi connectivity index (χ0n) is 17.4. The lowest BCUT2D eigenvalue weighted by atomic mass is 10.0. The van der Waals surface area contributed by atoms with Crippen molar-refractivity contribution in [2.24, 2.45) is 0 Å². The van der Waals surface area contributed by atoms with Crippen LogP contribution in [-0.2, 0) is 0 Å². The van der Waals surface area contributed by atoms with E-state index >= 15 is 0 Å². The molecule has 1 unspecified atom stereocenters. The number of hydrogen-bond donors (Lipinski definition) is 4. The monoisotopic (exact) mass is 402 g/mol. The Bertz CT molecular complexity index is 1060. The molecule has 1 atom stereocenters. The molecule has 3 rings (SSSR count). The van der Waals surface area contributed by atoms with Crippen LogP contribution >= 0.6 is 0 Å². The van der Waals surface area contributed by atoms with E-state index in [4.69, 9.17) is 11.1 Å². The molecule has 0 saturated carbocycles. The number of nitrogens with one attached hydrogen (secondary N) is 3. The fourth-order valence-electron chi connectivity index (χ4n) is 3.14. The number of nitrogen functional groups attached to an aromatic ring is 1. The number of nitrogens with zero attached hydrogens (tertiary/aromatic N) is 2. The maximum atomic E-state index is 12.5. The van der Waals surface area contributed by atoms with Crippen molar-refractivity contribution in [1.82, 2.24) is 15.3 Å². The molecule has 2 aromatic heterocycles. The van der Waals surface area contributed by atoms with Crippen molar-refractivity contribution >= 4 is 23.2 Å². The van der Waals surface area contributed by atoms with E-state index in [0.717, 1.165) is 17.7 Å². The summed E-state index contributed by atoms with van der Waals surface area (Å²) >= 11 is 0. The number of carbonyl (C=O) groups excluding carboxylic acids is 1. The number of amides is 2. The van der Waals surface area contributed by atoms with Gasteiger partial charge >= 0.3 is 6.03 Å². The number of rotatable bonds is 6. The molecule has 1 aromatic carbocycles. The predicted molar refractivity (Wildman–Crippen MR) is 120 cm³/mol. The highest BCUT2D eigenvalue weighted by molar-refractivity contribution is 6.13. The molecule has 0 spiro atoms. The van der Waals surface area contributed by atoms with Crippen LogP contribution in [0.4, 0.5) is 16.3 Å². The Labute approximate surface area is 176 Å². The van der Waals surface area contributed by atoms with Crippen molar-refractivity contribution in [3.8, 4) is 0 Å². The van der Waals surface area contributed by atoms with Gasteiger partial charge in [0.05, 0.1) is 11.8 Å². The molecule has 2 heterocycles. The Kier molecular flexibility index (Phi) is 6.41. The number of urea groups is 1. The van der Waals surface area contributed by atoms with Crippen LogP contribution in [-0.4, -0.2) is 21.7 Å². The second kappa shape index (κ2) is 9.17. The van der Waals surface area contributed by atoms with Gasteiger partial charge in [-0.3, -0.25) is 15.7 Å². The third-order valence-electron chi connectivity index (χ3n) is 4.83. The summed E-state index contributed by atoms with van der Waals surface area (Å²) in [4.78, 5) is 20.9. The number of pyridine rings is 2. The van der Waals surface area contributed by atoms with Crippen molar-refractivity contribution in [2.75, 3.05) is 11.1 Å². The van der Waals surface area contributed by atoms with Gasteiger partial charge in [0.2, 0.25) is 0 Å². The SMILES string of the molecule is CCC(NC(=O)Nc1cc(N)c(C(=N)c2ccnc(C)c2)cn1)c1ccc(C)cc1. The number of carbonyl (C=O) groups is 1. The molecule has 154 valence electrons. The molecule has 5 N–H and O–H groups in total. The summed E-state index contributed by atoms with van der Waals surface area (Å²) in [6, 6.07) is 12.7. The molecule has 0 radical (unpaired) electrons. The molecule has 0 bridgehead atoms. The van der Waals surface area contributed by atoms with Crippen molar-refractivity contribution < 1.29 is 4.79 Å². The molecule has 0 aliphatic heterocycles. The average molecular weight is 403 g/mol. The van der Waals surface area contributed by atoms with E-state index in [0.29, 0.717) is 22.6 Å². The highest BCUT2D eigenvalue weighted by atomic mass is 16.2. The van der Waals surface area contributed by atoms with Gasteiger partial charge in [0, 0.05) is 41.0 Å². The van der Waals surface area contributed by atoms with Crippen molar-refractivity contribution in [1.29, 1.82) is 5.41 Å². The summed E-state index contributed by atoms with van der Waals surface area (Å²) in [5.41, 5.74) is 11.0. The Hall–Kier alpha value is -3.74. The minimum Gasteiger partial charge on any atom is -0.398 e. The van der Waals surface area contributed by atoms with Gasteiger partial charge in [-0.1, -0.05) is 36.8 Å². The lowest BCUT2D eigenvalue weighted by molar-refractivity contribution is 0.248. The topological polar surface area (TPSA) is 117 Å². The van der Waals surface area contributed by atoms with Crippen LogP contribution in [0.3, 0.4) is 0 Å². The van der Waals surface area contributed by atoms with Crippen molar-refractivity contribution in [3.63, 3.8) is 0 Å². The molecule has 7 nitrogen and oxygen atoms in total. The van der Waals surface area contributed by atoms with E-state index in [1.54, 1.807) is 18.3 Å². The van der Waals surface area contributed by atoms with E-state index in [2.05, 4.69) is 20.6 Å². The molecule has 2 amide bonds. The second-order valence-electron chi connectivity index (χ2n) is 7.19. The normalized spacial score (nSPS) is 11.6. The number of aryl methyl sites for hydroxylation is 2. The van der Waals surface area contributed by atoms with Gasteiger partial charge < -0.3 is 11.1 Å². The van der Waals surface area contributed by atoms with Gasteiger partial charge in [0.15, 0.2) is 0 Å². The standard InChI is InChI=1S/C23H26N6O/c1-4-20(16-7-5-14(2)6-8-16)28-23(30)29-21-12-19(24)18(13-27-21)22(25)17-9-10-26-15(3)11-17/h5-13,20,25H,4H2,1-3H3,(H4,24,27,28,29,30). The first kappa shape index (κ1) is 21.0. The Balaban J connectivity index is 1.69. The fraction of sp³-hybridized carbons (Fsp3) is 0.217. The molecule has 0 saturated heterocycles. The molecule has 0 fully saturated rings. The van der Waals surface area contributed by atoms with Crippen LogP contribution in [0.5, 0.6) is 0 Å². The first-order valence-electron chi connectivity index (χ1n) is 9.79. The highest BCUT2D eigenvalue weighted by Gasteiger charge is 2.15. The number of benzene rings is 1. The Morgan fingerprint density at radius 2 is 1.87 bits per heavy atom. The van der Waals surface area contributed by atoms with E-state index in [1.807, 2.05) is 51.1 Å². The number of anilines is 2. The highest BCUT2D eigenvalue weighted by Crippen LogP contribution is 2.20. The van der Waals surface area contributed by atoms with E-state index in [-0.39, 0.29) is 17.8 Å². The van der Waals surface area contributed by atoms with E-state index in [9.17, 15) is 4.79 Å². The van der Waals surface area contributed by atoms with Gasteiger partial charge in [0.1, 0.15) is 5.82 Å². The molecular weight excluding hydrogens is 376 g/mol. The molecule has 0 aliphatic carbocycles. The van der Waals surface area contributed by atoms with Gasteiger partial charge in [-0.2, -0.15) is 0 Å². The lowest BCUT2D eigenvalue weighted by Gasteiger charge is -2.18. The third kappa shape index (κ3) is 5.00. The average Bonchev–Trinajstić information content (AvgIpc) is 2.72. The molecule has 0 aliphatic rings. The van der Waals surface area contributed by atoms with Gasteiger partial charge in [-0.25, -0.2) is 9.78 Å². The van der Waals surface area contributed by atoms with Crippen LogP contribution in [0.25, 0.3) is 0 Å². The van der Waals surface area contributed by atoms with Crippen molar-refractivity contribution in [2.45, 2.75) is 33.2 Å². The maximum absolute atomic E-state index is 12.5. The van der Waals surface area contributed by atoms with Gasteiger partial charge in [-0.05, 0) is 38.0 Å². The Morgan fingerprint density at radius 3 is 2.50 bits per heavy atom. The first-order valence-corrected chi connectivity index (χ1v) is 9.79. The summed E-state index contributed by atoms with van der Waals surface area (Å²) in [5.74, 6) is 0.325. The maximum Gasteiger partial charge on any atom is 0.320 e. The summed E-state index contributed by atoms with van der Waals surface area (Å²) in [7, 11) is 0. The lowest BCUT2D eigenvalue weighted by Crippen LogP contribution is -2.32. The molecule has 7 heteroatoms. The van der Waals surface area contributed by atoms with Crippen LogP contribution in [0.15, 0.2) is 54.9 Å². The smallest absolute Gasteiger partial charge is 0.320 e. The number of aromatic nitrogens is 2. The van der Waals surface area contributed by atoms with Gasteiger partial charge in [-0.15, -0.1) is 0 Å². The summed E-state index contributed by atoms with van der Waals surface area (Å²) in [5, 5.41) is 14.1. The summed E-state index contributed by atoms with van der Waals surface area (Å²) < 4.78 is 0. The zero-order chi connectivity index (χ0) is 21.7. The van der Waals surface area contributed by atoms with Gasteiger partial charge in [0.25, 0.3) is 0 Å². The molecular formula is C23H26N6O. The van der Waals surface area contributed by atoms with Crippen molar-refractivity contribution in [3.05, 3.63) is 82.8 Å².